The second kappa shape index (κ2) is 8.52. The zero-order valence-electron chi connectivity index (χ0n) is 16.6. The molecule has 2 fully saturated rings. The van der Waals surface area contributed by atoms with Crippen LogP contribution in [0.4, 0.5) is 0 Å². The molecule has 1 saturated heterocycles. The van der Waals surface area contributed by atoms with E-state index in [0.717, 1.165) is 17.7 Å². The van der Waals surface area contributed by atoms with Gasteiger partial charge in [-0.2, -0.15) is 0 Å². The molecule has 1 aromatic rings. The maximum absolute atomic E-state index is 12.7. The number of nitrogen functional groups attached to an aromatic ring is 1. The van der Waals surface area contributed by atoms with Gasteiger partial charge < -0.3 is 26.0 Å². The highest BCUT2D eigenvalue weighted by molar-refractivity contribution is 6.36. The van der Waals surface area contributed by atoms with Gasteiger partial charge in [0.25, 0.3) is 5.91 Å². The summed E-state index contributed by atoms with van der Waals surface area (Å²) in [5.74, 6) is -3.21. The smallest absolute Gasteiger partial charge is 0.326 e. The summed E-state index contributed by atoms with van der Waals surface area (Å²) in [6.45, 7) is 1.77. The minimum atomic E-state index is -1.15. The standard InChI is InChI=1S/C20H25N5O5/c1-2-24-15(23-17(26)13-7-5-12(6-8-13)16(21)22)10-25(19(28)18(24)27)14(20(29)30)9-11-3-4-11/h5-8,11,14-15H,2-4,9-10H2,1H3,(H3,21,22)(H,23,26)(H,29,30). The SMILES string of the molecule is CCN1C(=O)C(=O)N(C(CC2CC2)C(=O)O)CC1NC(=O)c1ccc(C(=N)N)cc1. The molecule has 5 N–H and O–H groups in total. The Hall–Kier alpha value is -3.43. The third-order valence-corrected chi connectivity index (χ3v) is 5.46. The summed E-state index contributed by atoms with van der Waals surface area (Å²) in [5, 5.41) is 19.7. The van der Waals surface area contributed by atoms with Crippen molar-refractivity contribution in [3.63, 3.8) is 0 Å². The molecule has 0 aromatic heterocycles. The van der Waals surface area contributed by atoms with Gasteiger partial charge in [-0.1, -0.05) is 25.0 Å². The number of carboxylic acid groups (broad SMARTS) is 1. The predicted molar refractivity (Wildman–Crippen MR) is 107 cm³/mol. The van der Waals surface area contributed by atoms with E-state index >= 15 is 0 Å². The van der Waals surface area contributed by atoms with Crippen molar-refractivity contribution in [1.82, 2.24) is 15.1 Å². The van der Waals surface area contributed by atoms with Crippen LogP contribution in [0.2, 0.25) is 0 Å². The first-order valence-electron chi connectivity index (χ1n) is 9.82. The Balaban J connectivity index is 1.79. The fourth-order valence-corrected chi connectivity index (χ4v) is 3.58. The molecule has 2 atom stereocenters. The normalized spacial score (nSPS) is 20.1. The highest BCUT2D eigenvalue weighted by atomic mass is 16.4. The molecule has 1 aliphatic heterocycles. The summed E-state index contributed by atoms with van der Waals surface area (Å²) in [4.78, 5) is 51.9. The summed E-state index contributed by atoms with van der Waals surface area (Å²) < 4.78 is 0. The van der Waals surface area contributed by atoms with Crippen LogP contribution in [0, 0.1) is 11.3 Å². The molecule has 1 heterocycles. The molecule has 10 nitrogen and oxygen atoms in total. The number of hydrogen-bond donors (Lipinski definition) is 4. The Labute approximate surface area is 173 Å². The number of amidine groups is 1. The van der Waals surface area contributed by atoms with Gasteiger partial charge in [-0.3, -0.25) is 19.8 Å². The van der Waals surface area contributed by atoms with Gasteiger partial charge in [0.1, 0.15) is 18.0 Å². The monoisotopic (exact) mass is 415 g/mol. The number of nitrogens with one attached hydrogen (secondary N) is 2. The van der Waals surface area contributed by atoms with E-state index < -0.39 is 35.9 Å². The van der Waals surface area contributed by atoms with Crippen molar-refractivity contribution in [3.8, 4) is 0 Å². The minimum absolute atomic E-state index is 0.0978. The first kappa shape index (κ1) is 21.3. The second-order valence-electron chi connectivity index (χ2n) is 7.56. The number of carbonyl (C=O) groups excluding carboxylic acids is 3. The van der Waals surface area contributed by atoms with E-state index in [4.69, 9.17) is 11.1 Å². The summed E-state index contributed by atoms with van der Waals surface area (Å²) in [5.41, 5.74) is 6.17. The average molecular weight is 415 g/mol. The highest BCUT2D eigenvalue weighted by Crippen LogP contribution is 2.35. The van der Waals surface area contributed by atoms with Gasteiger partial charge in [0.05, 0.1) is 6.54 Å². The van der Waals surface area contributed by atoms with Crippen LogP contribution in [0.25, 0.3) is 0 Å². The van der Waals surface area contributed by atoms with Crippen molar-refractivity contribution < 1.29 is 24.3 Å². The number of nitrogens with zero attached hydrogens (tertiary/aromatic N) is 2. The second-order valence-corrected chi connectivity index (χ2v) is 7.56. The van der Waals surface area contributed by atoms with E-state index in [2.05, 4.69) is 5.32 Å². The van der Waals surface area contributed by atoms with Gasteiger partial charge in [-0.15, -0.1) is 0 Å². The van der Waals surface area contributed by atoms with Crippen LogP contribution in [-0.2, 0) is 14.4 Å². The summed E-state index contributed by atoms with van der Waals surface area (Å²) in [7, 11) is 0. The zero-order valence-corrected chi connectivity index (χ0v) is 16.6. The lowest BCUT2D eigenvalue weighted by Gasteiger charge is -2.42. The fourth-order valence-electron chi connectivity index (χ4n) is 3.58. The molecular weight excluding hydrogens is 390 g/mol. The Morgan fingerprint density at radius 1 is 1.20 bits per heavy atom. The molecule has 3 rings (SSSR count). The van der Waals surface area contributed by atoms with Crippen molar-refractivity contribution in [1.29, 1.82) is 5.41 Å². The first-order valence-corrected chi connectivity index (χ1v) is 9.82. The third-order valence-electron chi connectivity index (χ3n) is 5.46. The van der Waals surface area contributed by atoms with E-state index in [1.807, 2.05) is 0 Å². The first-order chi connectivity index (χ1) is 14.2. The summed E-state index contributed by atoms with van der Waals surface area (Å²) in [6.07, 6.45) is 1.28. The molecule has 1 aromatic carbocycles. The molecule has 160 valence electrons. The summed E-state index contributed by atoms with van der Waals surface area (Å²) >= 11 is 0. The number of piperazine rings is 1. The maximum atomic E-state index is 12.7. The van der Waals surface area contributed by atoms with Crippen molar-refractivity contribution in [2.45, 2.75) is 38.4 Å². The quantitative estimate of drug-likeness (QED) is 0.265. The fraction of sp³-hybridized carbons (Fsp3) is 0.450. The van der Waals surface area contributed by atoms with Gasteiger partial charge in [-0.05, 0) is 31.4 Å². The molecule has 0 radical (unpaired) electrons. The van der Waals surface area contributed by atoms with Gasteiger partial charge in [0.15, 0.2) is 0 Å². The van der Waals surface area contributed by atoms with E-state index in [1.165, 1.54) is 29.2 Å². The molecule has 10 heteroatoms. The number of carbonyl (C=O) groups is 4. The largest absolute Gasteiger partial charge is 0.480 e. The van der Waals surface area contributed by atoms with E-state index in [0.29, 0.717) is 17.5 Å². The van der Waals surface area contributed by atoms with E-state index in [9.17, 15) is 24.3 Å². The predicted octanol–water partition coefficient (Wildman–Crippen LogP) is -0.0294. The minimum Gasteiger partial charge on any atom is -0.480 e. The molecule has 30 heavy (non-hydrogen) atoms. The number of likely N-dealkylation sites (N-methyl/N-ethyl adjacent to an activating group) is 1. The number of rotatable bonds is 8. The molecular formula is C20H25N5O5. The average Bonchev–Trinajstić information content (AvgIpc) is 3.53. The third kappa shape index (κ3) is 4.42. The van der Waals surface area contributed by atoms with Crippen molar-refractivity contribution in [3.05, 3.63) is 35.4 Å². The summed E-state index contributed by atoms with van der Waals surface area (Å²) in [6, 6.07) is 4.98. The topological polar surface area (TPSA) is 157 Å². The molecule has 3 amide bonds. The zero-order chi connectivity index (χ0) is 22.0. The van der Waals surface area contributed by atoms with Crippen LogP contribution in [0.5, 0.6) is 0 Å². The van der Waals surface area contributed by atoms with Crippen LogP contribution >= 0.6 is 0 Å². The highest BCUT2D eigenvalue weighted by Gasteiger charge is 2.45. The molecule has 2 aliphatic rings. The van der Waals surface area contributed by atoms with Crippen molar-refractivity contribution in [2.24, 2.45) is 11.7 Å². The van der Waals surface area contributed by atoms with Gasteiger partial charge in [-0.25, -0.2) is 4.79 Å². The van der Waals surface area contributed by atoms with Crippen LogP contribution in [0.15, 0.2) is 24.3 Å². The lowest BCUT2D eigenvalue weighted by atomic mass is 10.1. The van der Waals surface area contributed by atoms with Gasteiger partial charge >= 0.3 is 17.8 Å². The maximum Gasteiger partial charge on any atom is 0.326 e. The number of carboxylic acids is 1. The number of aliphatic carboxylic acids is 1. The Bertz CT molecular complexity index is 880. The molecule has 0 spiro atoms. The molecule has 1 saturated carbocycles. The Morgan fingerprint density at radius 3 is 2.30 bits per heavy atom. The molecule has 0 bridgehead atoms. The Kier molecular flexibility index (Phi) is 6.04. The van der Waals surface area contributed by atoms with Gasteiger partial charge in [0, 0.05) is 17.7 Å². The molecule has 1 aliphatic carbocycles. The number of amides is 3. The number of nitrogens with two attached hydrogens (primary N) is 1. The van der Waals surface area contributed by atoms with Crippen molar-refractivity contribution >= 4 is 29.5 Å². The van der Waals surface area contributed by atoms with Crippen LogP contribution in [0.1, 0.15) is 42.1 Å². The number of hydrogen-bond acceptors (Lipinski definition) is 5. The molecule has 2 unspecified atom stereocenters. The Morgan fingerprint density at radius 2 is 1.80 bits per heavy atom. The van der Waals surface area contributed by atoms with E-state index in [1.54, 1.807) is 6.92 Å². The van der Waals surface area contributed by atoms with Crippen molar-refractivity contribution in [2.75, 3.05) is 13.1 Å². The van der Waals surface area contributed by atoms with Crippen LogP contribution < -0.4 is 11.1 Å². The van der Waals surface area contributed by atoms with E-state index in [-0.39, 0.29) is 24.8 Å². The lowest BCUT2D eigenvalue weighted by Crippen LogP contribution is -2.67. The van der Waals surface area contributed by atoms with Crippen LogP contribution in [0.3, 0.4) is 0 Å². The van der Waals surface area contributed by atoms with Gasteiger partial charge in [0.2, 0.25) is 0 Å². The number of benzene rings is 1. The lowest BCUT2D eigenvalue weighted by molar-refractivity contribution is -0.165. The van der Waals surface area contributed by atoms with Crippen LogP contribution in [-0.4, -0.2) is 69.7 Å².